The number of aromatic amines is 1. The average Bonchev–Trinajstić information content (AvgIpc) is 2.99. The van der Waals surface area contributed by atoms with Crippen molar-refractivity contribution in [3.05, 3.63) is 28.5 Å². The molecule has 0 saturated heterocycles. The van der Waals surface area contributed by atoms with Gasteiger partial charge in [0, 0.05) is 17.6 Å². The van der Waals surface area contributed by atoms with Crippen LogP contribution in [0.15, 0.2) is 12.4 Å². The molecule has 20 heavy (non-hydrogen) atoms. The number of H-pyrrole nitrogens is 1. The van der Waals surface area contributed by atoms with E-state index in [9.17, 15) is 4.79 Å². The molecule has 0 radical (unpaired) electrons. The normalized spacial score (nSPS) is 10.8. The second kappa shape index (κ2) is 6.51. The number of nitrogens with zero attached hydrogens (tertiary/aromatic N) is 2. The average molecular weight is 293 g/mol. The predicted octanol–water partition coefficient (Wildman–Crippen LogP) is 2.66. The molecule has 2 amide bonds. The number of nitrogens with one attached hydrogen (secondary N) is 3. The molecule has 0 aliphatic carbocycles. The summed E-state index contributed by atoms with van der Waals surface area (Å²) in [6.45, 7) is 6.77. The monoisotopic (exact) mass is 293 g/mol. The molecule has 108 valence electrons. The molecule has 6 nitrogen and oxygen atoms in total. The molecule has 2 rings (SSSR count). The van der Waals surface area contributed by atoms with Crippen molar-refractivity contribution in [2.75, 3.05) is 11.9 Å². The molecule has 0 bridgehead atoms. The molecular formula is C13H19N5OS. The van der Waals surface area contributed by atoms with Crippen molar-refractivity contribution in [1.82, 2.24) is 20.5 Å². The van der Waals surface area contributed by atoms with E-state index in [1.807, 2.05) is 13.1 Å². The summed E-state index contributed by atoms with van der Waals surface area (Å²) in [7, 11) is 0. The van der Waals surface area contributed by atoms with Gasteiger partial charge in [0.25, 0.3) is 0 Å². The quantitative estimate of drug-likeness (QED) is 0.792. The Morgan fingerprint density at radius 3 is 2.90 bits per heavy atom. The lowest BCUT2D eigenvalue weighted by Gasteiger charge is -2.04. The third-order valence-corrected chi connectivity index (χ3v) is 3.76. The first kappa shape index (κ1) is 14.5. The topological polar surface area (TPSA) is 82.7 Å². The van der Waals surface area contributed by atoms with Crippen molar-refractivity contribution in [3.8, 4) is 0 Å². The first-order valence-electron chi connectivity index (χ1n) is 6.56. The highest BCUT2D eigenvalue weighted by atomic mass is 32.1. The Morgan fingerprint density at radius 1 is 1.50 bits per heavy atom. The molecule has 0 aromatic carbocycles. The van der Waals surface area contributed by atoms with E-state index in [1.54, 1.807) is 6.20 Å². The minimum Gasteiger partial charge on any atom is -0.337 e. The van der Waals surface area contributed by atoms with Crippen LogP contribution < -0.4 is 10.6 Å². The Morgan fingerprint density at radius 2 is 2.30 bits per heavy atom. The van der Waals surface area contributed by atoms with Crippen molar-refractivity contribution < 1.29 is 4.79 Å². The van der Waals surface area contributed by atoms with Gasteiger partial charge < -0.3 is 5.32 Å². The molecule has 0 atom stereocenters. The van der Waals surface area contributed by atoms with Crippen LogP contribution in [0.5, 0.6) is 0 Å². The van der Waals surface area contributed by atoms with Crippen LogP contribution in [0.3, 0.4) is 0 Å². The third-order valence-electron chi connectivity index (χ3n) is 2.85. The number of amides is 2. The minimum absolute atomic E-state index is 0.224. The summed E-state index contributed by atoms with van der Waals surface area (Å²) in [5.41, 5.74) is 2.11. The lowest BCUT2D eigenvalue weighted by molar-refractivity contribution is 0.252. The molecule has 0 aliphatic rings. The van der Waals surface area contributed by atoms with E-state index in [1.165, 1.54) is 11.3 Å². The SMILES string of the molecule is Cc1sc(NC(=O)NCCc2cn[nH]c2)nc1C(C)C. The van der Waals surface area contributed by atoms with Crippen molar-refractivity contribution in [2.45, 2.75) is 33.1 Å². The molecule has 2 aromatic heterocycles. The number of carbonyl (C=O) groups excluding carboxylic acids is 1. The highest BCUT2D eigenvalue weighted by Gasteiger charge is 2.12. The molecular weight excluding hydrogens is 274 g/mol. The maximum atomic E-state index is 11.8. The van der Waals surface area contributed by atoms with Crippen molar-refractivity contribution in [3.63, 3.8) is 0 Å². The van der Waals surface area contributed by atoms with Crippen molar-refractivity contribution in [1.29, 1.82) is 0 Å². The lowest BCUT2D eigenvalue weighted by atomic mass is 10.1. The number of rotatable bonds is 5. The first-order chi connectivity index (χ1) is 9.56. The summed E-state index contributed by atoms with van der Waals surface area (Å²) in [5.74, 6) is 0.367. The summed E-state index contributed by atoms with van der Waals surface area (Å²) in [6, 6.07) is -0.224. The van der Waals surface area contributed by atoms with Crippen LogP contribution in [-0.2, 0) is 6.42 Å². The van der Waals surface area contributed by atoms with Crippen LogP contribution >= 0.6 is 11.3 Å². The van der Waals surface area contributed by atoms with Gasteiger partial charge in [-0.1, -0.05) is 13.8 Å². The van der Waals surface area contributed by atoms with Gasteiger partial charge in [-0.25, -0.2) is 9.78 Å². The summed E-state index contributed by atoms with van der Waals surface area (Å²) in [6.07, 6.45) is 4.31. The summed E-state index contributed by atoms with van der Waals surface area (Å²) in [5, 5.41) is 12.8. The highest BCUT2D eigenvalue weighted by Crippen LogP contribution is 2.27. The number of hydrogen-bond acceptors (Lipinski definition) is 4. The number of thiazole rings is 1. The number of aromatic nitrogens is 3. The fraction of sp³-hybridized carbons (Fsp3) is 0.462. The maximum absolute atomic E-state index is 11.8. The molecule has 0 saturated carbocycles. The van der Waals surface area contributed by atoms with Gasteiger partial charge in [0.1, 0.15) is 0 Å². The molecule has 2 heterocycles. The fourth-order valence-electron chi connectivity index (χ4n) is 1.87. The van der Waals surface area contributed by atoms with Gasteiger partial charge in [0.2, 0.25) is 0 Å². The first-order valence-corrected chi connectivity index (χ1v) is 7.37. The van der Waals surface area contributed by atoms with Gasteiger partial charge in [-0.15, -0.1) is 11.3 Å². The van der Waals surface area contributed by atoms with Crippen LogP contribution in [0.4, 0.5) is 9.93 Å². The smallest absolute Gasteiger partial charge is 0.321 e. The second-order valence-corrected chi connectivity index (χ2v) is 6.06. The standard InChI is InChI=1S/C13H19N5OS/c1-8(2)11-9(3)20-13(17-11)18-12(19)14-5-4-10-6-15-16-7-10/h6-8H,4-5H2,1-3H3,(H,15,16)(H2,14,17,18,19). The van der Waals surface area contributed by atoms with Crippen molar-refractivity contribution >= 4 is 22.5 Å². The third kappa shape index (κ3) is 3.80. The summed E-state index contributed by atoms with van der Waals surface area (Å²) >= 11 is 1.50. The van der Waals surface area contributed by atoms with Crippen molar-refractivity contribution in [2.24, 2.45) is 0 Å². The van der Waals surface area contributed by atoms with E-state index >= 15 is 0 Å². The Bertz CT molecular complexity index is 561. The van der Waals surface area contributed by atoms with Crippen LogP contribution in [0.1, 0.15) is 35.9 Å². The number of urea groups is 1. The number of anilines is 1. The van der Waals surface area contributed by atoms with Gasteiger partial charge in [-0.2, -0.15) is 5.10 Å². The molecule has 0 aliphatic heterocycles. The van der Waals surface area contributed by atoms with E-state index in [0.717, 1.165) is 22.6 Å². The number of carbonyl (C=O) groups is 1. The van der Waals surface area contributed by atoms with E-state index in [2.05, 4.69) is 39.7 Å². The van der Waals surface area contributed by atoms with E-state index in [4.69, 9.17) is 0 Å². The highest BCUT2D eigenvalue weighted by molar-refractivity contribution is 7.15. The van der Waals surface area contributed by atoms with E-state index in [-0.39, 0.29) is 6.03 Å². The van der Waals surface area contributed by atoms with Gasteiger partial charge in [0.05, 0.1) is 11.9 Å². The predicted molar refractivity (Wildman–Crippen MR) is 80.3 cm³/mol. The molecule has 2 aromatic rings. The number of hydrogen-bond donors (Lipinski definition) is 3. The molecule has 3 N–H and O–H groups in total. The summed E-state index contributed by atoms with van der Waals surface area (Å²) < 4.78 is 0. The van der Waals surface area contributed by atoms with Gasteiger partial charge in [-0.05, 0) is 24.8 Å². The van der Waals surface area contributed by atoms with Gasteiger partial charge in [0.15, 0.2) is 5.13 Å². The van der Waals surface area contributed by atoms with Crippen LogP contribution in [0, 0.1) is 6.92 Å². The zero-order chi connectivity index (χ0) is 14.5. The number of aryl methyl sites for hydroxylation is 1. The largest absolute Gasteiger partial charge is 0.337 e. The fourth-order valence-corrected chi connectivity index (χ4v) is 2.84. The Labute approximate surface area is 122 Å². The Balaban J connectivity index is 1.80. The van der Waals surface area contributed by atoms with E-state index in [0.29, 0.717) is 17.6 Å². The second-order valence-electron chi connectivity index (χ2n) is 4.85. The van der Waals surface area contributed by atoms with E-state index < -0.39 is 0 Å². The maximum Gasteiger partial charge on any atom is 0.321 e. The Kier molecular flexibility index (Phi) is 4.73. The molecule has 0 unspecified atom stereocenters. The zero-order valence-electron chi connectivity index (χ0n) is 11.9. The zero-order valence-corrected chi connectivity index (χ0v) is 12.7. The van der Waals surface area contributed by atoms with Crippen LogP contribution in [0.2, 0.25) is 0 Å². The Hall–Kier alpha value is -1.89. The molecule has 7 heteroatoms. The molecule has 0 fully saturated rings. The molecule has 0 spiro atoms. The minimum atomic E-state index is -0.224. The lowest BCUT2D eigenvalue weighted by Crippen LogP contribution is -2.30. The van der Waals surface area contributed by atoms with Gasteiger partial charge in [-0.3, -0.25) is 10.4 Å². The van der Waals surface area contributed by atoms with Gasteiger partial charge >= 0.3 is 6.03 Å². The van der Waals surface area contributed by atoms with Crippen LogP contribution in [-0.4, -0.2) is 27.8 Å². The summed E-state index contributed by atoms with van der Waals surface area (Å²) in [4.78, 5) is 17.3. The van der Waals surface area contributed by atoms with Crippen LogP contribution in [0.25, 0.3) is 0 Å².